The minimum atomic E-state index is -0.515. The summed E-state index contributed by atoms with van der Waals surface area (Å²) in [6.07, 6.45) is 6.29. The zero-order chi connectivity index (χ0) is 16.9. The van der Waals surface area contributed by atoms with E-state index in [1.54, 1.807) is 0 Å². The Kier molecular flexibility index (Phi) is 3.87. The van der Waals surface area contributed by atoms with Crippen molar-refractivity contribution in [3.8, 4) is 0 Å². The molecule has 4 aliphatic rings. The fourth-order valence-electron chi connectivity index (χ4n) is 5.02. The minimum Gasteiger partial charge on any atom is -0.292 e. The first-order valence-corrected chi connectivity index (χ1v) is 9.87. The third-order valence-electron chi connectivity index (χ3n) is 6.63. The summed E-state index contributed by atoms with van der Waals surface area (Å²) in [6, 6.07) is 1.81. The number of carbonyl (C=O) groups excluding carboxylic acids is 2. The average Bonchev–Trinajstić information content (AvgIpc) is 3.21. The Morgan fingerprint density at radius 3 is 2.71 bits per heavy atom. The van der Waals surface area contributed by atoms with E-state index in [2.05, 4.69) is 12.0 Å². The predicted octanol–water partition coefficient (Wildman–Crippen LogP) is 3.98. The second kappa shape index (κ2) is 5.80. The lowest BCUT2D eigenvalue weighted by molar-refractivity contribution is -0.140. The van der Waals surface area contributed by atoms with E-state index in [1.165, 1.54) is 42.0 Å². The summed E-state index contributed by atoms with van der Waals surface area (Å²) < 4.78 is 0. The average molecular weight is 344 g/mol. The van der Waals surface area contributed by atoms with Crippen LogP contribution in [0.15, 0.2) is 21.9 Å². The van der Waals surface area contributed by atoms with Gasteiger partial charge >= 0.3 is 0 Å². The molecular formula is C19H24N2O2S. The summed E-state index contributed by atoms with van der Waals surface area (Å²) in [5.41, 5.74) is 1.05. The summed E-state index contributed by atoms with van der Waals surface area (Å²) in [7, 11) is 0. The molecule has 5 heteroatoms. The minimum absolute atomic E-state index is 0.0288. The van der Waals surface area contributed by atoms with Gasteiger partial charge in [0.05, 0.1) is 11.1 Å². The van der Waals surface area contributed by atoms with Crippen molar-refractivity contribution in [1.82, 2.24) is 5.01 Å². The van der Waals surface area contributed by atoms with E-state index in [4.69, 9.17) is 0 Å². The number of hydrazone groups is 1. The molecule has 2 heterocycles. The normalized spacial score (nSPS) is 35.4. The van der Waals surface area contributed by atoms with Crippen LogP contribution in [0.1, 0.15) is 56.3 Å². The topological polar surface area (TPSA) is 49.7 Å². The zero-order valence-electron chi connectivity index (χ0n) is 14.3. The lowest BCUT2D eigenvalue weighted by Crippen LogP contribution is -2.49. The lowest BCUT2D eigenvalue weighted by Gasteiger charge is -2.48. The molecule has 0 aromatic carbocycles. The van der Waals surface area contributed by atoms with E-state index < -0.39 is 5.41 Å². The van der Waals surface area contributed by atoms with E-state index >= 15 is 0 Å². The molecule has 0 radical (unpaired) electrons. The molecule has 3 fully saturated rings. The number of fused-ring (bicyclic) bond motifs is 3. The molecule has 3 aliphatic carbocycles. The molecule has 2 bridgehead atoms. The van der Waals surface area contributed by atoms with Crippen LogP contribution >= 0.6 is 11.3 Å². The van der Waals surface area contributed by atoms with Crippen LogP contribution in [0.25, 0.3) is 0 Å². The second-order valence-electron chi connectivity index (χ2n) is 7.81. The van der Waals surface area contributed by atoms with Crippen LogP contribution in [0.5, 0.6) is 0 Å². The van der Waals surface area contributed by atoms with Crippen molar-refractivity contribution in [2.45, 2.75) is 46.0 Å². The number of Topliss-reactive ketones (excluding diaryl/α,β-unsaturated/α-hetero) is 1. The maximum atomic E-state index is 13.2. The Bertz CT molecular complexity index is 688. The van der Waals surface area contributed by atoms with E-state index in [-0.39, 0.29) is 18.2 Å². The van der Waals surface area contributed by atoms with Crippen molar-refractivity contribution < 1.29 is 9.59 Å². The summed E-state index contributed by atoms with van der Waals surface area (Å²) >= 11 is 1.50. The summed E-state index contributed by atoms with van der Waals surface area (Å²) in [6.45, 7) is 4.09. The van der Waals surface area contributed by atoms with Gasteiger partial charge in [0, 0.05) is 10.9 Å². The van der Waals surface area contributed by atoms with Crippen molar-refractivity contribution in [2.75, 3.05) is 6.54 Å². The number of nitrogens with zero attached hydrogens (tertiary/aromatic N) is 2. The van der Waals surface area contributed by atoms with E-state index in [0.717, 1.165) is 18.1 Å². The summed E-state index contributed by atoms with van der Waals surface area (Å²) in [5, 5.41) is 9.66. The van der Waals surface area contributed by atoms with Gasteiger partial charge < -0.3 is 0 Å². The number of amides is 1. The first-order valence-electron chi connectivity index (χ1n) is 8.93. The van der Waals surface area contributed by atoms with Gasteiger partial charge in [0.2, 0.25) is 0 Å². The van der Waals surface area contributed by atoms with E-state index in [0.29, 0.717) is 17.4 Å². The number of rotatable bonds is 4. The highest BCUT2D eigenvalue weighted by Crippen LogP contribution is 2.54. The van der Waals surface area contributed by atoms with Crippen molar-refractivity contribution in [1.29, 1.82) is 0 Å². The number of carbonyl (C=O) groups is 2. The van der Waals surface area contributed by atoms with Gasteiger partial charge in [-0.15, -0.1) is 0 Å². The van der Waals surface area contributed by atoms with Crippen LogP contribution in [0.2, 0.25) is 0 Å². The quantitative estimate of drug-likeness (QED) is 0.776. The van der Waals surface area contributed by atoms with E-state index in [1.807, 2.05) is 23.8 Å². The van der Waals surface area contributed by atoms with Crippen LogP contribution in [-0.2, 0) is 4.79 Å². The van der Waals surface area contributed by atoms with Crippen LogP contribution in [0.3, 0.4) is 0 Å². The highest BCUT2D eigenvalue weighted by atomic mass is 32.1. The molecule has 0 saturated heterocycles. The van der Waals surface area contributed by atoms with Gasteiger partial charge in [-0.1, -0.05) is 12.8 Å². The molecule has 5 rings (SSSR count). The van der Waals surface area contributed by atoms with E-state index in [9.17, 15) is 9.59 Å². The van der Waals surface area contributed by atoms with Crippen molar-refractivity contribution in [2.24, 2.45) is 28.3 Å². The van der Waals surface area contributed by atoms with Gasteiger partial charge in [-0.3, -0.25) is 9.59 Å². The molecule has 24 heavy (non-hydrogen) atoms. The highest BCUT2D eigenvalue weighted by molar-refractivity contribution is 7.08. The second-order valence-corrected chi connectivity index (χ2v) is 8.59. The van der Waals surface area contributed by atoms with Crippen LogP contribution < -0.4 is 0 Å². The van der Waals surface area contributed by atoms with Crippen LogP contribution in [0.4, 0.5) is 0 Å². The first-order chi connectivity index (χ1) is 11.5. The van der Waals surface area contributed by atoms with Crippen molar-refractivity contribution in [3.63, 3.8) is 0 Å². The number of hydrogen-bond acceptors (Lipinski definition) is 4. The number of ketones is 1. The zero-order valence-corrected chi connectivity index (χ0v) is 15.1. The Labute approximate surface area is 146 Å². The molecule has 1 amide bonds. The highest BCUT2D eigenvalue weighted by Gasteiger charge is 2.55. The smallest absolute Gasteiger partial charge is 0.255 e. The molecule has 1 aromatic rings. The molecule has 0 N–H and O–H groups in total. The molecular weight excluding hydrogens is 320 g/mol. The predicted molar refractivity (Wildman–Crippen MR) is 95.1 cm³/mol. The Morgan fingerprint density at radius 1 is 1.38 bits per heavy atom. The SMILES string of the molecule is CC1=NN(CC(=O)c2ccsc2)C(=O)C1(C)[C@H]1C[C@H]2CC[C@@H]1CC2. The Morgan fingerprint density at radius 2 is 2.12 bits per heavy atom. The third kappa shape index (κ3) is 2.36. The molecule has 3 saturated carbocycles. The standard InChI is InChI=1S/C19H24N2O2S/c1-12-19(2,16-9-13-3-5-14(16)6-4-13)18(23)21(20-12)10-17(22)15-7-8-24-11-15/h7-8,11,13-14,16H,3-6,9-10H2,1-2H3/t13-,14+,16-,19?/m0/s1. The third-order valence-corrected chi connectivity index (χ3v) is 7.31. The molecule has 2 atom stereocenters. The Balaban J connectivity index is 1.55. The molecule has 0 spiro atoms. The monoisotopic (exact) mass is 344 g/mol. The fourth-order valence-corrected chi connectivity index (χ4v) is 5.68. The maximum absolute atomic E-state index is 13.2. The van der Waals surface area contributed by atoms with Gasteiger partial charge in [-0.25, -0.2) is 5.01 Å². The van der Waals surface area contributed by atoms with Gasteiger partial charge in [0.25, 0.3) is 5.91 Å². The van der Waals surface area contributed by atoms with Gasteiger partial charge in [-0.05, 0) is 62.3 Å². The number of hydrogen-bond donors (Lipinski definition) is 0. The molecule has 1 aromatic heterocycles. The molecule has 128 valence electrons. The van der Waals surface area contributed by atoms with Gasteiger partial charge in [0.1, 0.15) is 6.54 Å². The Hall–Kier alpha value is -1.49. The summed E-state index contributed by atoms with van der Waals surface area (Å²) in [5.74, 6) is 1.81. The van der Waals surface area contributed by atoms with Crippen LogP contribution in [-0.4, -0.2) is 29.0 Å². The van der Waals surface area contributed by atoms with Crippen molar-refractivity contribution in [3.05, 3.63) is 22.4 Å². The molecule has 1 aliphatic heterocycles. The summed E-state index contributed by atoms with van der Waals surface area (Å²) in [4.78, 5) is 25.6. The molecule has 1 unspecified atom stereocenters. The first kappa shape index (κ1) is 16.0. The molecule has 4 nitrogen and oxygen atoms in total. The largest absolute Gasteiger partial charge is 0.292 e. The van der Waals surface area contributed by atoms with Crippen molar-refractivity contribution >= 4 is 28.7 Å². The fraction of sp³-hybridized carbons (Fsp3) is 0.632. The lowest BCUT2D eigenvalue weighted by atomic mass is 9.55. The number of thiophene rings is 1. The van der Waals surface area contributed by atoms with Gasteiger partial charge in [0.15, 0.2) is 5.78 Å². The van der Waals surface area contributed by atoms with Crippen LogP contribution in [0, 0.1) is 23.2 Å². The maximum Gasteiger partial charge on any atom is 0.255 e. The van der Waals surface area contributed by atoms with Gasteiger partial charge in [-0.2, -0.15) is 16.4 Å².